The Morgan fingerprint density at radius 2 is 2.12 bits per heavy atom. The van der Waals surface area contributed by atoms with E-state index in [2.05, 4.69) is 48.5 Å². The number of hydrogen-bond donors (Lipinski definition) is 1. The van der Waals surface area contributed by atoms with Gasteiger partial charge >= 0.3 is 0 Å². The van der Waals surface area contributed by atoms with Crippen molar-refractivity contribution in [3.05, 3.63) is 38.6 Å². The van der Waals surface area contributed by atoms with E-state index in [4.69, 9.17) is 10.5 Å². The van der Waals surface area contributed by atoms with Crippen molar-refractivity contribution in [3.8, 4) is 11.6 Å². The van der Waals surface area contributed by atoms with Crippen molar-refractivity contribution in [2.45, 2.75) is 0 Å². The molecular formula is C10H7BrIN3O. The Morgan fingerprint density at radius 3 is 2.88 bits per heavy atom. The van der Waals surface area contributed by atoms with Gasteiger partial charge < -0.3 is 10.5 Å². The molecule has 1 aromatic carbocycles. The average Bonchev–Trinajstić information content (AvgIpc) is 2.25. The lowest BCUT2D eigenvalue weighted by atomic mass is 10.3. The maximum atomic E-state index is 5.62. The molecule has 0 fully saturated rings. The van der Waals surface area contributed by atoms with Gasteiger partial charge in [-0.2, -0.15) is 0 Å². The minimum Gasteiger partial charge on any atom is -0.438 e. The Bertz CT molecular complexity index is 521. The van der Waals surface area contributed by atoms with Crippen LogP contribution in [-0.4, -0.2) is 9.97 Å². The molecule has 0 radical (unpaired) electrons. The Kier molecular flexibility index (Phi) is 3.59. The molecule has 0 aliphatic rings. The first-order chi connectivity index (χ1) is 7.66. The highest BCUT2D eigenvalue weighted by Gasteiger charge is 2.08. The zero-order valence-electron chi connectivity index (χ0n) is 8.02. The van der Waals surface area contributed by atoms with Gasteiger partial charge in [0.05, 0.1) is 0 Å². The zero-order chi connectivity index (χ0) is 11.5. The fourth-order valence-electron chi connectivity index (χ4n) is 1.08. The van der Waals surface area contributed by atoms with Gasteiger partial charge in [-0.05, 0) is 56.7 Å². The molecule has 0 aliphatic carbocycles. The second-order valence-electron chi connectivity index (χ2n) is 2.94. The van der Waals surface area contributed by atoms with E-state index in [0.717, 1.165) is 3.57 Å². The van der Waals surface area contributed by atoms with Crippen LogP contribution in [0.3, 0.4) is 0 Å². The molecule has 0 bridgehead atoms. The number of nitrogen functional groups attached to an aromatic ring is 1. The molecule has 0 atom stereocenters. The number of hydrogen-bond acceptors (Lipinski definition) is 4. The van der Waals surface area contributed by atoms with Crippen LogP contribution in [0.5, 0.6) is 11.6 Å². The van der Waals surface area contributed by atoms with Gasteiger partial charge in [-0.3, -0.25) is 0 Å². The van der Waals surface area contributed by atoms with Crippen molar-refractivity contribution < 1.29 is 4.74 Å². The molecule has 82 valence electrons. The van der Waals surface area contributed by atoms with Crippen LogP contribution in [0.2, 0.25) is 0 Å². The normalized spacial score (nSPS) is 10.1. The van der Waals surface area contributed by atoms with Crippen molar-refractivity contribution in [3.63, 3.8) is 0 Å². The summed E-state index contributed by atoms with van der Waals surface area (Å²) in [4.78, 5) is 7.84. The third kappa shape index (κ3) is 2.62. The van der Waals surface area contributed by atoms with Crippen molar-refractivity contribution >= 4 is 44.3 Å². The van der Waals surface area contributed by atoms with E-state index in [-0.39, 0.29) is 0 Å². The van der Waals surface area contributed by atoms with Gasteiger partial charge in [-0.1, -0.05) is 6.07 Å². The van der Waals surface area contributed by atoms with Crippen molar-refractivity contribution in [2.75, 3.05) is 5.73 Å². The van der Waals surface area contributed by atoms with Crippen LogP contribution in [0.25, 0.3) is 0 Å². The van der Waals surface area contributed by atoms with Crippen LogP contribution >= 0.6 is 38.5 Å². The summed E-state index contributed by atoms with van der Waals surface area (Å²) in [6, 6.07) is 7.66. The van der Waals surface area contributed by atoms with Crippen LogP contribution in [0, 0.1) is 3.57 Å². The largest absolute Gasteiger partial charge is 0.438 e. The summed E-state index contributed by atoms with van der Waals surface area (Å²) in [5.74, 6) is 1.48. The van der Waals surface area contributed by atoms with E-state index in [0.29, 0.717) is 21.9 Å². The van der Waals surface area contributed by atoms with E-state index >= 15 is 0 Å². The fraction of sp³-hybridized carbons (Fsp3) is 0. The minimum absolute atomic E-state index is 0.357. The monoisotopic (exact) mass is 391 g/mol. The van der Waals surface area contributed by atoms with Crippen molar-refractivity contribution in [2.24, 2.45) is 0 Å². The molecule has 2 N–H and O–H groups in total. The smallest absolute Gasteiger partial charge is 0.238 e. The molecular weight excluding hydrogens is 385 g/mol. The number of ether oxygens (including phenoxy) is 1. The van der Waals surface area contributed by atoms with E-state index in [1.165, 1.54) is 6.33 Å². The summed E-state index contributed by atoms with van der Waals surface area (Å²) < 4.78 is 7.24. The van der Waals surface area contributed by atoms with Crippen LogP contribution in [0.15, 0.2) is 35.1 Å². The number of nitrogens with zero attached hydrogens (tertiary/aromatic N) is 2. The van der Waals surface area contributed by atoms with E-state index in [9.17, 15) is 0 Å². The second kappa shape index (κ2) is 4.96. The fourth-order valence-corrected chi connectivity index (χ4v) is 1.88. The van der Waals surface area contributed by atoms with Gasteiger partial charge in [0, 0.05) is 3.57 Å². The lowest BCUT2D eigenvalue weighted by molar-refractivity contribution is 0.458. The first-order valence-corrected chi connectivity index (χ1v) is 6.23. The van der Waals surface area contributed by atoms with Crippen LogP contribution in [0.4, 0.5) is 5.82 Å². The summed E-state index contributed by atoms with van der Waals surface area (Å²) in [5.41, 5.74) is 5.62. The standard InChI is InChI=1S/C10H7BrIN3O/c11-8-9(13)14-5-15-10(8)16-7-3-1-2-6(12)4-7/h1-5H,(H2,13,14,15). The van der Waals surface area contributed by atoms with Gasteiger partial charge in [0.25, 0.3) is 0 Å². The first kappa shape index (κ1) is 11.6. The number of anilines is 1. The van der Waals surface area contributed by atoms with E-state index in [1.54, 1.807) is 0 Å². The van der Waals surface area contributed by atoms with E-state index in [1.807, 2.05) is 24.3 Å². The van der Waals surface area contributed by atoms with Crippen LogP contribution < -0.4 is 10.5 Å². The SMILES string of the molecule is Nc1ncnc(Oc2cccc(I)c2)c1Br. The molecule has 0 saturated heterocycles. The third-order valence-electron chi connectivity index (χ3n) is 1.80. The maximum Gasteiger partial charge on any atom is 0.238 e. The quantitative estimate of drug-likeness (QED) is 0.798. The van der Waals surface area contributed by atoms with Gasteiger partial charge in [-0.25, -0.2) is 9.97 Å². The number of nitrogens with two attached hydrogens (primary N) is 1. The predicted molar refractivity (Wildman–Crippen MR) is 73.4 cm³/mol. The second-order valence-corrected chi connectivity index (χ2v) is 4.98. The Hall–Kier alpha value is -0.890. The average molecular weight is 392 g/mol. The van der Waals surface area contributed by atoms with Crippen molar-refractivity contribution in [1.82, 2.24) is 9.97 Å². The molecule has 0 amide bonds. The van der Waals surface area contributed by atoms with Crippen LogP contribution in [0.1, 0.15) is 0 Å². The van der Waals surface area contributed by atoms with Gasteiger partial charge in [-0.15, -0.1) is 0 Å². The maximum absolute atomic E-state index is 5.62. The Morgan fingerprint density at radius 1 is 1.31 bits per heavy atom. The number of halogens is 2. The number of benzene rings is 1. The zero-order valence-corrected chi connectivity index (χ0v) is 11.8. The molecule has 2 aromatic rings. The number of rotatable bonds is 2. The third-order valence-corrected chi connectivity index (χ3v) is 3.21. The Labute approximate surface area is 115 Å². The highest BCUT2D eigenvalue weighted by molar-refractivity contribution is 14.1. The topological polar surface area (TPSA) is 61.0 Å². The summed E-state index contributed by atoms with van der Waals surface area (Å²) in [6.45, 7) is 0. The molecule has 2 rings (SSSR count). The molecule has 0 unspecified atom stereocenters. The summed E-state index contributed by atoms with van der Waals surface area (Å²) in [7, 11) is 0. The van der Waals surface area contributed by atoms with Crippen LogP contribution in [-0.2, 0) is 0 Å². The highest BCUT2D eigenvalue weighted by atomic mass is 127. The Balaban J connectivity index is 2.31. The summed E-state index contributed by atoms with van der Waals surface area (Å²) in [5, 5.41) is 0. The highest BCUT2D eigenvalue weighted by Crippen LogP contribution is 2.30. The lowest BCUT2D eigenvalue weighted by Gasteiger charge is -2.07. The molecule has 1 heterocycles. The van der Waals surface area contributed by atoms with Gasteiger partial charge in [0.1, 0.15) is 22.4 Å². The molecule has 0 aliphatic heterocycles. The molecule has 6 heteroatoms. The molecule has 16 heavy (non-hydrogen) atoms. The molecule has 1 aromatic heterocycles. The number of aromatic nitrogens is 2. The molecule has 0 saturated carbocycles. The van der Waals surface area contributed by atoms with Gasteiger partial charge in [0.2, 0.25) is 5.88 Å². The lowest BCUT2D eigenvalue weighted by Crippen LogP contribution is -1.96. The minimum atomic E-state index is 0.357. The molecule has 4 nitrogen and oxygen atoms in total. The first-order valence-electron chi connectivity index (χ1n) is 4.36. The van der Waals surface area contributed by atoms with Crippen molar-refractivity contribution in [1.29, 1.82) is 0 Å². The summed E-state index contributed by atoms with van der Waals surface area (Å²) in [6.07, 6.45) is 1.36. The molecule has 0 spiro atoms. The summed E-state index contributed by atoms with van der Waals surface area (Å²) >= 11 is 5.49. The van der Waals surface area contributed by atoms with Gasteiger partial charge in [0.15, 0.2) is 0 Å². The van der Waals surface area contributed by atoms with E-state index < -0.39 is 0 Å². The predicted octanol–water partition coefficient (Wildman–Crippen LogP) is 3.22.